The molecule has 0 spiro atoms. The van der Waals surface area contributed by atoms with E-state index in [0.29, 0.717) is 56.9 Å². The smallest absolute Gasteiger partial charge is 0.274 e. The first-order valence-electron chi connectivity index (χ1n) is 9.03. The summed E-state index contributed by atoms with van der Waals surface area (Å²) in [5.41, 5.74) is 2.64. The third-order valence-electron chi connectivity index (χ3n) is 4.77. The molecule has 2 aromatic rings. The van der Waals surface area contributed by atoms with Gasteiger partial charge in [-0.3, -0.25) is 9.89 Å². The van der Waals surface area contributed by atoms with Crippen molar-refractivity contribution in [1.29, 1.82) is 0 Å². The van der Waals surface area contributed by atoms with Gasteiger partial charge in [-0.1, -0.05) is 0 Å². The number of carbonyl (C=O) groups excluding carboxylic acids is 1. The van der Waals surface area contributed by atoms with Gasteiger partial charge in [-0.15, -0.1) is 12.4 Å². The maximum atomic E-state index is 12.9. The summed E-state index contributed by atoms with van der Waals surface area (Å²) >= 11 is 0. The minimum Gasteiger partial charge on any atom is -0.478 e. The summed E-state index contributed by atoms with van der Waals surface area (Å²) < 4.78 is 5.44. The van der Waals surface area contributed by atoms with E-state index in [-0.39, 0.29) is 18.3 Å². The topological polar surface area (TPSA) is 99.3 Å². The fraction of sp³-hybridized carbons (Fsp3) is 0.529. The third kappa shape index (κ3) is 3.98. The van der Waals surface area contributed by atoms with Crippen molar-refractivity contribution in [2.45, 2.75) is 19.9 Å². The number of piperazine rings is 1. The highest BCUT2D eigenvalue weighted by atomic mass is 35.5. The van der Waals surface area contributed by atoms with E-state index in [0.717, 1.165) is 24.2 Å². The van der Waals surface area contributed by atoms with E-state index < -0.39 is 0 Å². The summed E-state index contributed by atoms with van der Waals surface area (Å²) in [5.74, 6) is 1.21. The van der Waals surface area contributed by atoms with Gasteiger partial charge in [-0.25, -0.2) is 4.98 Å². The molecule has 1 saturated heterocycles. The molecule has 4 rings (SSSR count). The summed E-state index contributed by atoms with van der Waals surface area (Å²) in [7, 11) is 0. The molecule has 2 aliphatic rings. The molecule has 146 valence electrons. The first-order chi connectivity index (χ1) is 12.8. The van der Waals surface area contributed by atoms with Crippen LogP contribution in [0.25, 0.3) is 0 Å². The van der Waals surface area contributed by atoms with Gasteiger partial charge in [0.2, 0.25) is 11.8 Å². The van der Waals surface area contributed by atoms with E-state index >= 15 is 0 Å². The highest BCUT2D eigenvalue weighted by Gasteiger charge is 2.28. The average Bonchev–Trinajstić information content (AvgIpc) is 3.12. The molecule has 27 heavy (non-hydrogen) atoms. The monoisotopic (exact) mass is 393 g/mol. The van der Waals surface area contributed by atoms with Crippen LogP contribution in [0.1, 0.15) is 28.7 Å². The van der Waals surface area contributed by atoms with Gasteiger partial charge in [0.25, 0.3) is 5.91 Å². The van der Waals surface area contributed by atoms with Crippen molar-refractivity contribution in [3.05, 3.63) is 29.2 Å². The van der Waals surface area contributed by atoms with Crippen LogP contribution in [0.5, 0.6) is 5.88 Å². The SMILES string of the molecule is CCOc1ccnc(N2CCN(C(=O)c3n[nH]c4c3CNCC4)CC2)n1.Cl. The van der Waals surface area contributed by atoms with Crippen molar-refractivity contribution < 1.29 is 9.53 Å². The molecule has 0 saturated carbocycles. The first-order valence-corrected chi connectivity index (χ1v) is 9.03. The van der Waals surface area contributed by atoms with Gasteiger partial charge in [-0.05, 0) is 6.92 Å². The molecule has 0 unspecified atom stereocenters. The first kappa shape index (κ1) is 19.4. The predicted molar refractivity (Wildman–Crippen MR) is 103 cm³/mol. The van der Waals surface area contributed by atoms with Gasteiger partial charge < -0.3 is 19.9 Å². The van der Waals surface area contributed by atoms with E-state index in [4.69, 9.17) is 4.74 Å². The van der Waals surface area contributed by atoms with Crippen LogP contribution in [0.2, 0.25) is 0 Å². The lowest BCUT2D eigenvalue weighted by Gasteiger charge is -2.34. The Kier molecular flexibility index (Phi) is 6.12. The highest BCUT2D eigenvalue weighted by Crippen LogP contribution is 2.19. The Labute approximate surface area is 163 Å². The second-order valence-electron chi connectivity index (χ2n) is 6.36. The molecule has 1 fully saturated rings. The van der Waals surface area contributed by atoms with Gasteiger partial charge in [-0.2, -0.15) is 10.1 Å². The van der Waals surface area contributed by atoms with Gasteiger partial charge in [0.1, 0.15) is 0 Å². The summed E-state index contributed by atoms with van der Waals surface area (Å²) in [4.78, 5) is 25.5. The molecule has 9 nitrogen and oxygen atoms in total. The van der Waals surface area contributed by atoms with Crippen molar-refractivity contribution in [2.75, 3.05) is 44.2 Å². The Morgan fingerprint density at radius 3 is 2.89 bits per heavy atom. The van der Waals surface area contributed by atoms with E-state index in [9.17, 15) is 4.79 Å². The van der Waals surface area contributed by atoms with Crippen LogP contribution >= 0.6 is 12.4 Å². The third-order valence-corrected chi connectivity index (χ3v) is 4.77. The Bertz CT molecular complexity index is 789. The van der Waals surface area contributed by atoms with Crippen LogP contribution < -0.4 is 15.0 Å². The molecular formula is C17H24ClN7O2. The van der Waals surface area contributed by atoms with E-state index in [1.165, 1.54) is 0 Å². The van der Waals surface area contributed by atoms with Crippen molar-refractivity contribution >= 4 is 24.3 Å². The van der Waals surface area contributed by atoms with Crippen LogP contribution in [0.4, 0.5) is 5.95 Å². The number of nitrogens with zero attached hydrogens (tertiary/aromatic N) is 5. The number of aromatic nitrogens is 4. The number of hydrogen-bond donors (Lipinski definition) is 2. The molecule has 0 aliphatic carbocycles. The Hall–Kier alpha value is -2.39. The maximum absolute atomic E-state index is 12.9. The number of rotatable bonds is 4. The van der Waals surface area contributed by atoms with E-state index in [1.807, 2.05) is 11.8 Å². The average molecular weight is 394 g/mol. The molecule has 4 heterocycles. The van der Waals surface area contributed by atoms with Crippen molar-refractivity contribution in [3.8, 4) is 5.88 Å². The standard InChI is InChI=1S/C17H23N7O2.ClH/c1-2-26-14-4-6-19-17(20-14)24-9-7-23(8-10-24)16(25)15-12-11-18-5-3-13(12)21-22-15;/h4,6,18H,2-3,5,7-11H2,1H3,(H,21,22);1H. The molecule has 0 bridgehead atoms. The molecule has 0 atom stereocenters. The Balaban J connectivity index is 0.00000210. The fourth-order valence-electron chi connectivity index (χ4n) is 3.37. The zero-order valence-corrected chi connectivity index (χ0v) is 16.1. The van der Waals surface area contributed by atoms with Crippen molar-refractivity contribution in [1.82, 2.24) is 30.4 Å². The Morgan fingerprint density at radius 1 is 1.30 bits per heavy atom. The number of amides is 1. The maximum Gasteiger partial charge on any atom is 0.274 e. The Morgan fingerprint density at radius 2 is 2.11 bits per heavy atom. The van der Waals surface area contributed by atoms with E-state index in [2.05, 4.69) is 30.4 Å². The summed E-state index contributed by atoms with van der Waals surface area (Å²) in [6.45, 7) is 6.73. The highest BCUT2D eigenvalue weighted by molar-refractivity contribution is 5.94. The summed E-state index contributed by atoms with van der Waals surface area (Å²) in [6.07, 6.45) is 2.59. The number of anilines is 1. The van der Waals surface area contributed by atoms with Crippen molar-refractivity contribution in [3.63, 3.8) is 0 Å². The molecular weight excluding hydrogens is 370 g/mol. The lowest BCUT2D eigenvalue weighted by Crippen LogP contribution is -2.49. The zero-order chi connectivity index (χ0) is 17.9. The number of ether oxygens (including phenoxy) is 1. The fourth-order valence-corrected chi connectivity index (χ4v) is 3.37. The second-order valence-corrected chi connectivity index (χ2v) is 6.36. The van der Waals surface area contributed by atoms with E-state index in [1.54, 1.807) is 12.3 Å². The molecule has 2 aromatic heterocycles. The molecule has 10 heteroatoms. The van der Waals surface area contributed by atoms with Crippen LogP contribution in [0, 0.1) is 0 Å². The number of hydrogen-bond acceptors (Lipinski definition) is 7. The van der Waals surface area contributed by atoms with Crippen LogP contribution in [0.15, 0.2) is 12.3 Å². The lowest BCUT2D eigenvalue weighted by molar-refractivity contribution is 0.0739. The molecule has 0 radical (unpaired) electrons. The number of halogens is 1. The van der Waals surface area contributed by atoms with Crippen molar-refractivity contribution in [2.24, 2.45) is 0 Å². The predicted octanol–water partition coefficient (Wildman–Crippen LogP) is 0.628. The van der Waals surface area contributed by atoms with Crippen LogP contribution in [-0.2, 0) is 13.0 Å². The molecule has 2 N–H and O–H groups in total. The van der Waals surface area contributed by atoms with Gasteiger partial charge >= 0.3 is 0 Å². The minimum atomic E-state index is -0.00478. The zero-order valence-electron chi connectivity index (χ0n) is 15.3. The minimum absolute atomic E-state index is 0. The van der Waals surface area contributed by atoms with Gasteiger partial charge in [0.05, 0.1) is 6.61 Å². The van der Waals surface area contributed by atoms with Gasteiger partial charge in [0, 0.05) is 69.2 Å². The molecule has 1 amide bonds. The van der Waals surface area contributed by atoms with Crippen LogP contribution in [-0.4, -0.2) is 70.3 Å². The number of H-pyrrole nitrogens is 1. The van der Waals surface area contributed by atoms with Gasteiger partial charge in [0.15, 0.2) is 5.69 Å². The van der Waals surface area contributed by atoms with Crippen LogP contribution in [0.3, 0.4) is 0 Å². The number of nitrogens with one attached hydrogen (secondary N) is 2. The summed E-state index contributed by atoms with van der Waals surface area (Å²) in [5, 5.41) is 10.6. The second kappa shape index (κ2) is 8.53. The normalized spacial score (nSPS) is 16.5. The largest absolute Gasteiger partial charge is 0.478 e. The quantitative estimate of drug-likeness (QED) is 0.785. The lowest BCUT2D eigenvalue weighted by atomic mass is 10.1. The number of carbonyl (C=O) groups is 1. The number of aromatic amines is 1. The molecule has 0 aromatic carbocycles. The summed E-state index contributed by atoms with van der Waals surface area (Å²) in [6, 6.07) is 1.75. The molecule has 2 aliphatic heterocycles. The number of fused-ring (bicyclic) bond motifs is 1.